The van der Waals surface area contributed by atoms with Gasteiger partial charge in [0.15, 0.2) is 0 Å². The molecule has 0 aliphatic carbocycles. The summed E-state index contributed by atoms with van der Waals surface area (Å²) in [5, 5.41) is 5.93. The zero-order chi connectivity index (χ0) is 14.8. The number of carbonyl (C=O) groups excluding carboxylic acids is 2. The third-order valence-electron chi connectivity index (χ3n) is 2.80. The number of nitrogens with one attached hydrogen (secondary N) is 2. The summed E-state index contributed by atoms with van der Waals surface area (Å²) in [6, 6.07) is 9.71. The number of likely N-dealkylation sites (N-methyl/N-ethyl adjacent to an activating group) is 1. The van der Waals surface area contributed by atoms with Gasteiger partial charge in [-0.25, -0.2) is 0 Å². The minimum Gasteiger partial charge on any atom is -0.354 e. The van der Waals surface area contributed by atoms with Crippen molar-refractivity contribution in [3.63, 3.8) is 0 Å². The van der Waals surface area contributed by atoms with Gasteiger partial charge in [-0.05, 0) is 26.0 Å². The number of hydrogen-bond acceptors (Lipinski definition) is 4. The summed E-state index contributed by atoms with van der Waals surface area (Å²) in [4.78, 5) is 22.8. The van der Waals surface area contributed by atoms with Crippen molar-refractivity contribution < 1.29 is 9.59 Å². The van der Waals surface area contributed by atoms with Crippen LogP contribution in [0.5, 0.6) is 0 Å². The molecule has 0 aliphatic heterocycles. The van der Waals surface area contributed by atoms with E-state index in [0.717, 1.165) is 11.3 Å². The zero-order valence-corrected chi connectivity index (χ0v) is 12.8. The first-order valence-electron chi connectivity index (χ1n) is 6.69. The molecule has 2 N–H and O–H groups in total. The largest absolute Gasteiger partial charge is 0.354 e. The van der Waals surface area contributed by atoms with Crippen LogP contribution in [0.25, 0.3) is 0 Å². The lowest BCUT2D eigenvalue weighted by molar-refractivity contribution is -0.122. The summed E-state index contributed by atoms with van der Waals surface area (Å²) >= 11 is 1.54. The molecule has 110 valence electrons. The molecule has 0 fully saturated rings. The second-order valence-corrected chi connectivity index (χ2v) is 5.68. The number of Topliss-reactive ketones (excluding diaryl/α,β-unsaturated/α-hetero) is 1. The predicted octanol–water partition coefficient (Wildman–Crippen LogP) is 1.26. The highest BCUT2D eigenvalue weighted by Crippen LogP contribution is 2.03. The third-order valence-corrected chi connectivity index (χ3v) is 3.90. The maximum Gasteiger partial charge on any atom is 0.237 e. The van der Waals surface area contributed by atoms with Crippen LogP contribution in [0.3, 0.4) is 0 Å². The van der Waals surface area contributed by atoms with E-state index in [1.54, 1.807) is 25.7 Å². The smallest absolute Gasteiger partial charge is 0.237 e. The lowest BCUT2D eigenvalue weighted by atomic mass is 10.1. The summed E-state index contributed by atoms with van der Waals surface area (Å²) in [7, 11) is 1.79. The van der Waals surface area contributed by atoms with Crippen LogP contribution in [0.2, 0.25) is 0 Å². The van der Waals surface area contributed by atoms with Gasteiger partial charge in [0.1, 0.15) is 5.78 Å². The average molecular weight is 294 g/mol. The first kappa shape index (κ1) is 16.7. The fourth-order valence-electron chi connectivity index (χ4n) is 1.76. The standard InChI is InChI=1S/C15H22N2O2S/c1-12(18)11-20-9-8-17-15(19)14(16-2)10-13-6-4-3-5-7-13/h3-7,14,16H,8-11H2,1-2H3,(H,17,19). The fourth-order valence-corrected chi connectivity index (χ4v) is 2.44. The quantitative estimate of drug-likeness (QED) is 0.673. The summed E-state index contributed by atoms with van der Waals surface area (Å²) in [5.41, 5.74) is 1.13. The third kappa shape index (κ3) is 6.73. The molecule has 0 heterocycles. The van der Waals surface area contributed by atoms with E-state index in [9.17, 15) is 9.59 Å². The highest BCUT2D eigenvalue weighted by atomic mass is 32.2. The van der Waals surface area contributed by atoms with E-state index >= 15 is 0 Å². The van der Waals surface area contributed by atoms with Crippen LogP contribution in [-0.4, -0.2) is 42.8 Å². The highest BCUT2D eigenvalue weighted by molar-refractivity contribution is 7.99. The topological polar surface area (TPSA) is 58.2 Å². The van der Waals surface area contributed by atoms with Crippen LogP contribution in [0.15, 0.2) is 30.3 Å². The predicted molar refractivity (Wildman–Crippen MR) is 84.0 cm³/mol. The van der Waals surface area contributed by atoms with Gasteiger partial charge in [0.25, 0.3) is 0 Å². The van der Waals surface area contributed by atoms with Gasteiger partial charge in [-0.2, -0.15) is 11.8 Å². The van der Waals surface area contributed by atoms with Gasteiger partial charge in [-0.3, -0.25) is 9.59 Å². The first-order valence-corrected chi connectivity index (χ1v) is 7.85. The molecule has 0 spiro atoms. The highest BCUT2D eigenvalue weighted by Gasteiger charge is 2.15. The summed E-state index contributed by atoms with van der Waals surface area (Å²) in [5.74, 6) is 1.43. The molecule has 1 aromatic carbocycles. The Morgan fingerprint density at radius 3 is 2.55 bits per heavy atom. The molecule has 1 atom stereocenters. The minimum atomic E-state index is -0.227. The maximum atomic E-state index is 12.0. The van der Waals surface area contributed by atoms with Gasteiger partial charge in [0, 0.05) is 12.3 Å². The molecule has 0 aliphatic rings. The molecule has 20 heavy (non-hydrogen) atoms. The molecule has 4 nitrogen and oxygen atoms in total. The van der Waals surface area contributed by atoms with Gasteiger partial charge in [-0.15, -0.1) is 0 Å². The lowest BCUT2D eigenvalue weighted by Gasteiger charge is -2.16. The van der Waals surface area contributed by atoms with Crippen LogP contribution in [-0.2, 0) is 16.0 Å². The molecular formula is C15H22N2O2S. The molecule has 0 saturated carbocycles. The van der Waals surface area contributed by atoms with Crippen molar-refractivity contribution in [1.29, 1.82) is 0 Å². The molecule has 0 bridgehead atoms. The van der Waals surface area contributed by atoms with E-state index in [1.165, 1.54) is 0 Å². The molecule has 0 saturated heterocycles. The Kier molecular flexibility index (Phi) is 7.99. The summed E-state index contributed by atoms with van der Waals surface area (Å²) in [6.07, 6.45) is 0.670. The number of rotatable bonds is 9. The molecule has 1 aromatic rings. The number of amides is 1. The van der Waals surface area contributed by atoms with E-state index in [0.29, 0.717) is 18.7 Å². The molecular weight excluding hydrogens is 272 g/mol. The van der Waals surface area contributed by atoms with Crippen molar-refractivity contribution in [2.75, 3.05) is 25.1 Å². The Hall–Kier alpha value is -1.33. The van der Waals surface area contributed by atoms with Gasteiger partial charge in [-0.1, -0.05) is 30.3 Å². The van der Waals surface area contributed by atoms with Crippen LogP contribution >= 0.6 is 11.8 Å². The summed E-state index contributed by atoms with van der Waals surface area (Å²) in [6.45, 7) is 2.16. The van der Waals surface area contributed by atoms with E-state index < -0.39 is 0 Å². The number of ketones is 1. The monoisotopic (exact) mass is 294 g/mol. The van der Waals surface area contributed by atoms with Gasteiger partial charge in [0.05, 0.1) is 11.8 Å². The number of benzene rings is 1. The van der Waals surface area contributed by atoms with Gasteiger partial charge in [0.2, 0.25) is 5.91 Å². The van der Waals surface area contributed by atoms with Crippen molar-refractivity contribution in [3.8, 4) is 0 Å². The SMILES string of the molecule is CNC(Cc1ccccc1)C(=O)NCCSCC(C)=O. The normalized spacial score (nSPS) is 11.9. The first-order chi connectivity index (χ1) is 9.63. The molecule has 1 rings (SSSR count). The Bertz CT molecular complexity index is 423. The Labute approximate surface area is 124 Å². The second kappa shape index (κ2) is 9.55. The molecule has 1 unspecified atom stereocenters. The van der Waals surface area contributed by atoms with Crippen molar-refractivity contribution in [1.82, 2.24) is 10.6 Å². The van der Waals surface area contributed by atoms with Crippen LogP contribution in [0, 0.1) is 0 Å². The van der Waals surface area contributed by atoms with E-state index in [1.807, 2.05) is 30.3 Å². The number of thioether (sulfide) groups is 1. The second-order valence-electron chi connectivity index (χ2n) is 4.58. The Morgan fingerprint density at radius 1 is 1.25 bits per heavy atom. The molecule has 1 amide bonds. The Morgan fingerprint density at radius 2 is 1.95 bits per heavy atom. The summed E-state index contributed by atoms with van der Waals surface area (Å²) < 4.78 is 0. The van der Waals surface area contributed by atoms with E-state index in [4.69, 9.17) is 0 Å². The fraction of sp³-hybridized carbons (Fsp3) is 0.467. The van der Waals surface area contributed by atoms with Crippen molar-refractivity contribution in [2.24, 2.45) is 0 Å². The van der Waals surface area contributed by atoms with Crippen molar-refractivity contribution >= 4 is 23.5 Å². The van der Waals surface area contributed by atoms with Crippen molar-refractivity contribution in [3.05, 3.63) is 35.9 Å². The average Bonchev–Trinajstić information content (AvgIpc) is 2.45. The minimum absolute atomic E-state index is 0.000205. The molecule has 0 radical (unpaired) electrons. The van der Waals surface area contributed by atoms with Crippen LogP contribution in [0.1, 0.15) is 12.5 Å². The number of hydrogen-bond donors (Lipinski definition) is 2. The van der Waals surface area contributed by atoms with Crippen LogP contribution < -0.4 is 10.6 Å². The lowest BCUT2D eigenvalue weighted by Crippen LogP contribution is -2.44. The van der Waals surface area contributed by atoms with Gasteiger partial charge >= 0.3 is 0 Å². The molecule has 5 heteroatoms. The number of carbonyl (C=O) groups is 2. The van der Waals surface area contributed by atoms with E-state index in [2.05, 4.69) is 10.6 Å². The molecule has 0 aromatic heterocycles. The zero-order valence-electron chi connectivity index (χ0n) is 12.0. The Balaban J connectivity index is 2.30. The van der Waals surface area contributed by atoms with Crippen molar-refractivity contribution in [2.45, 2.75) is 19.4 Å². The maximum absolute atomic E-state index is 12.0. The van der Waals surface area contributed by atoms with Gasteiger partial charge < -0.3 is 10.6 Å². The van der Waals surface area contributed by atoms with E-state index in [-0.39, 0.29) is 17.7 Å². The van der Waals surface area contributed by atoms with Crippen LogP contribution in [0.4, 0.5) is 0 Å².